The van der Waals surface area contributed by atoms with E-state index >= 15 is 0 Å². The van der Waals surface area contributed by atoms with Crippen LogP contribution in [0.25, 0.3) is 0 Å². The summed E-state index contributed by atoms with van der Waals surface area (Å²) in [7, 11) is 0. The fourth-order valence-corrected chi connectivity index (χ4v) is 1.70. The Morgan fingerprint density at radius 1 is 1.42 bits per heavy atom. The van der Waals surface area contributed by atoms with Crippen LogP contribution in [0.2, 0.25) is 0 Å². The van der Waals surface area contributed by atoms with E-state index in [1.54, 1.807) is 0 Å². The first-order valence-corrected chi connectivity index (χ1v) is 6.38. The van der Waals surface area contributed by atoms with E-state index in [4.69, 9.17) is 0 Å². The molecular formula is C17H21NO. The van der Waals surface area contributed by atoms with E-state index in [0.717, 1.165) is 40.8 Å². The maximum absolute atomic E-state index is 10.8. The van der Waals surface area contributed by atoms with Gasteiger partial charge in [0.1, 0.15) is 6.29 Å². The van der Waals surface area contributed by atoms with Crippen LogP contribution in [0.5, 0.6) is 0 Å². The number of carbonyl (C=O) groups excluding carboxylic acids is 1. The van der Waals surface area contributed by atoms with Crippen LogP contribution in [-0.4, -0.2) is 6.29 Å². The fraction of sp³-hybridized carbons (Fsp3) is 0.235. The molecule has 0 saturated carbocycles. The molecule has 0 amide bonds. The molecule has 0 saturated heterocycles. The zero-order chi connectivity index (χ0) is 14.3. The lowest BCUT2D eigenvalue weighted by Crippen LogP contribution is -2.01. The van der Waals surface area contributed by atoms with E-state index in [1.165, 1.54) is 0 Å². The van der Waals surface area contributed by atoms with Crippen LogP contribution in [0.1, 0.15) is 36.2 Å². The largest absolute Gasteiger partial charge is 0.356 e. The molecule has 1 aromatic carbocycles. The number of rotatable bonds is 6. The van der Waals surface area contributed by atoms with Crippen LogP contribution in [0.4, 0.5) is 5.69 Å². The van der Waals surface area contributed by atoms with Crippen LogP contribution >= 0.6 is 0 Å². The second-order valence-corrected chi connectivity index (χ2v) is 4.52. The molecule has 0 aromatic heterocycles. The van der Waals surface area contributed by atoms with Crippen molar-refractivity contribution < 1.29 is 4.79 Å². The summed E-state index contributed by atoms with van der Waals surface area (Å²) in [6, 6.07) is 5.70. The van der Waals surface area contributed by atoms with E-state index in [9.17, 15) is 4.79 Å². The molecule has 0 aliphatic carbocycles. The molecule has 19 heavy (non-hydrogen) atoms. The summed E-state index contributed by atoms with van der Waals surface area (Å²) in [5.74, 6) is 0. The summed E-state index contributed by atoms with van der Waals surface area (Å²) in [6.07, 6.45) is 7.96. The van der Waals surface area contributed by atoms with E-state index in [-0.39, 0.29) is 0 Å². The minimum absolute atomic E-state index is 0.723. The van der Waals surface area contributed by atoms with Crippen molar-refractivity contribution in [3.63, 3.8) is 0 Å². The zero-order valence-electron chi connectivity index (χ0n) is 11.9. The maximum atomic E-state index is 10.8. The number of anilines is 1. The van der Waals surface area contributed by atoms with Gasteiger partial charge in [-0.15, -0.1) is 0 Å². The van der Waals surface area contributed by atoms with Gasteiger partial charge in [0.25, 0.3) is 0 Å². The van der Waals surface area contributed by atoms with Gasteiger partial charge in [0.2, 0.25) is 0 Å². The molecule has 0 aliphatic heterocycles. The molecule has 1 rings (SSSR count). The van der Waals surface area contributed by atoms with Gasteiger partial charge < -0.3 is 5.32 Å². The molecule has 100 valence electrons. The summed E-state index contributed by atoms with van der Waals surface area (Å²) < 4.78 is 0. The number of nitrogens with one attached hydrogen (secondary N) is 1. The molecule has 1 aromatic rings. The number of aryl methyl sites for hydroxylation is 1. The Labute approximate surface area is 115 Å². The van der Waals surface area contributed by atoms with Gasteiger partial charge in [-0.05, 0) is 56.5 Å². The van der Waals surface area contributed by atoms with Crippen molar-refractivity contribution >= 4 is 12.0 Å². The van der Waals surface area contributed by atoms with Gasteiger partial charge in [-0.3, -0.25) is 4.79 Å². The van der Waals surface area contributed by atoms with Gasteiger partial charge in [0.05, 0.1) is 0 Å². The van der Waals surface area contributed by atoms with Crippen LogP contribution in [-0.2, 0) is 0 Å². The molecule has 0 bridgehead atoms. The smallest absolute Gasteiger partial charge is 0.150 e. The molecular weight excluding hydrogens is 234 g/mol. The highest BCUT2D eigenvalue weighted by atomic mass is 16.1. The molecule has 0 fully saturated rings. The molecule has 0 radical (unpaired) electrons. The minimum Gasteiger partial charge on any atom is -0.356 e. The van der Waals surface area contributed by atoms with Crippen LogP contribution in [0.3, 0.4) is 0 Å². The molecule has 2 heteroatoms. The molecule has 0 spiro atoms. The summed E-state index contributed by atoms with van der Waals surface area (Å²) in [5, 5.41) is 3.34. The summed E-state index contributed by atoms with van der Waals surface area (Å²) in [6.45, 7) is 9.88. The molecule has 0 aliphatic rings. The lowest BCUT2D eigenvalue weighted by atomic mass is 10.1. The number of hydrogen-bond acceptors (Lipinski definition) is 2. The highest BCUT2D eigenvalue weighted by Gasteiger charge is 2.02. The van der Waals surface area contributed by atoms with Gasteiger partial charge >= 0.3 is 0 Å². The van der Waals surface area contributed by atoms with Gasteiger partial charge in [-0.25, -0.2) is 0 Å². The Balaban J connectivity index is 2.91. The van der Waals surface area contributed by atoms with Crippen molar-refractivity contribution in [3.05, 3.63) is 65.4 Å². The van der Waals surface area contributed by atoms with Gasteiger partial charge in [-0.2, -0.15) is 0 Å². The molecule has 0 unspecified atom stereocenters. The third kappa shape index (κ3) is 4.59. The predicted molar refractivity (Wildman–Crippen MR) is 82.5 cm³/mol. The standard InChI is InChI=1S/C17H21NO/c1-5-6-7-8-17(13(2)3)18-16-10-9-15(12-19)14(4)11-16/h5-6,8-12,18H,2,7H2,1,3-4H3/b6-5-,17-8-. The Morgan fingerprint density at radius 3 is 2.68 bits per heavy atom. The normalized spacial score (nSPS) is 11.6. The topological polar surface area (TPSA) is 29.1 Å². The average Bonchev–Trinajstić information content (AvgIpc) is 2.38. The first kappa shape index (κ1) is 15.0. The Hall–Kier alpha value is -2.09. The predicted octanol–water partition coefficient (Wildman–Crippen LogP) is 4.65. The Morgan fingerprint density at radius 2 is 2.16 bits per heavy atom. The maximum Gasteiger partial charge on any atom is 0.150 e. The van der Waals surface area contributed by atoms with Crippen LogP contribution in [0, 0.1) is 6.92 Å². The highest BCUT2D eigenvalue weighted by Crippen LogP contribution is 2.18. The van der Waals surface area contributed by atoms with E-state index in [0.29, 0.717) is 0 Å². The summed E-state index contributed by atoms with van der Waals surface area (Å²) in [5.41, 5.74) is 4.66. The first-order chi connectivity index (χ1) is 9.08. The van der Waals surface area contributed by atoms with E-state index in [2.05, 4.69) is 24.0 Å². The average molecular weight is 255 g/mol. The third-order valence-corrected chi connectivity index (χ3v) is 2.83. The van der Waals surface area contributed by atoms with Crippen molar-refractivity contribution in [2.24, 2.45) is 0 Å². The highest BCUT2D eigenvalue weighted by molar-refractivity contribution is 5.78. The third-order valence-electron chi connectivity index (χ3n) is 2.83. The number of aldehydes is 1. The Kier molecular flexibility index (Phi) is 5.80. The van der Waals surface area contributed by atoms with Gasteiger partial charge in [0, 0.05) is 16.9 Å². The van der Waals surface area contributed by atoms with Crippen molar-refractivity contribution in [2.75, 3.05) is 5.32 Å². The minimum atomic E-state index is 0.723. The van der Waals surface area contributed by atoms with Crippen molar-refractivity contribution in [1.29, 1.82) is 0 Å². The number of allylic oxidation sites excluding steroid dienone is 4. The fourth-order valence-electron chi connectivity index (χ4n) is 1.70. The van der Waals surface area contributed by atoms with Gasteiger partial charge in [0.15, 0.2) is 0 Å². The van der Waals surface area contributed by atoms with Gasteiger partial charge in [-0.1, -0.05) is 24.8 Å². The van der Waals surface area contributed by atoms with Crippen molar-refractivity contribution in [2.45, 2.75) is 27.2 Å². The SMILES string of the molecule is C=C(C)/C(=C/C/C=C\C)Nc1ccc(C=O)c(C)c1. The van der Waals surface area contributed by atoms with Crippen LogP contribution in [0.15, 0.2) is 54.3 Å². The van der Waals surface area contributed by atoms with Crippen molar-refractivity contribution in [3.8, 4) is 0 Å². The molecule has 1 N–H and O–H groups in total. The van der Waals surface area contributed by atoms with Crippen LogP contribution < -0.4 is 5.32 Å². The second-order valence-electron chi connectivity index (χ2n) is 4.52. The quantitative estimate of drug-likeness (QED) is 0.455. The Bertz CT molecular complexity index is 524. The lowest BCUT2D eigenvalue weighted by molar-refractivity contribution is 0.112. The molecule has 0 heterocycles. The zero-order valence-corrected chi connectivity index (χ0v) is 11.9. The van der Waals surface area contributed by atoms with Crippen molar-refractivity contribution in [1.82, 2.24) is 0 Å². The number of carbonyl (C=O) groups is 1. The second kappa shape index (κ2) is 7.37. The number of benzene rings is 1. The lowest BCUT2D eigenvalue weighted by Gasteiger charge is -2.12. The van der Waals surface area contributed by atoms with E-state index < -0.39 is 0 Å². The summed E-state index contributed by atoms with van der Waals surface area (Å²) >= 11 is 0. The molecule has 2 nitrogen and oxygen atoms in total. The first-order valence-electron chi connectivity index (χ1n) is 6.38. The summed E-state index contributed by atoms with van der Waals surface area (Å²) in [4.78, 5) is 10.8. The van der Waals surface area contributed by atoms with E-state index in [1.807, 2.05) is 45.0 Å². The molecule has 0 atom stereocenters. The monoisotopic (exact) mass is 255 g/mol. The number of hydrogen-bond donors (Lipinski definition) is 1.